The van der Waals surface area contributed by atoms with Crippen LogP contribution in [0.5, 0.6) is 5.88 Å². The van der Waals surface area contributed by atoms with Crippen LogP contribution < -0.4 is 15.0 Å². The van der Waals surface area contributed by atoms with Gasteiger partial charge in [0.25, 0.3) is 0 Å². The highest BCUT2D eigenvalue weighted by Crippen LogP contribution is 2.18. The zero-order chi connectivity index (χ0) is 13.7. The predicted molar refractivity (Wildman–Crippen MR) is 78.9 cm³/mol. The van der Waals surface area contributed by atoms with Gasteiger partial charge in [0.15, 0.2) is 0 Å². The number of pyridine rings is 1. The largest absolute Gasteiger partial charge is 0.481 e. The molecule has 0 saturated heterocycles. The molecule has 0 saturated carbocycles. The molecule has 1 heterocycles. The molecule has 0 fully saturated rings. The summed E-state index contributed by atoms with van der Waals surface area (Å²) in [5.41, 5.74) is 3.40. The number of methoxy groups -OCH3 is 1. The zero-order valence-corrected chi connectivity index (χ0v) is 11.6. The average molecular weight is 257 g/mol. The summed E-state index contributed by atoms with van der Waals surface area (Å²) >= 11 is 0. The van der Waals surface area contributed by atoms with Gasteiger partial charge in [-0.3, -0.25) is 0 Å². The van der Waals surface area contributed by atoms with Gasteiger partial charge in [-0.15, -0.1) is 0 Å². The lowest BCUT2D eigenvalue weighted by Crippen LogP contribution is -2.09. The maximum absolute atomic E-state index is 5.04. The third-order valence-corrected chi connectivity index (χ3v) is 2.87. The molecule has 0 aliphatic carbocycles. The SMILES string of the molecule is COc1ccc(CNc2cccc(N(C)C)c2)cn1. The Morgan fingerprint density at radius 2 is 2.05 bits per heavy atom. The summed E-state index contributed by atoms with van der Waals surface area (Å²) in [5, 5.41) is 3.39. The van der Waals surface area contributed by atoms with Crippen LogP contribution in [0.15, 0.2) is 42.6 Å². The third-order valence-electron chi connectivity index (χ3n) is 2.87. The lowest BCUT2D eigenvalue weighted by Gasteiger charge is -2.14. The minimum atomic E-state index is 0.637. The highest BCUT2D eigenvalue weighted by Gasteiger charge is 1.99. The fraction of sp³-hybridized carbons (Fsp3) is 0.267. The quantitative estimate of drug-likeness (QED) is 0.893. The van der Waals surface area contributed by atoms with Crippen molar-refractivity contribution in [2.75, 3.05) is 31.4 Å². The van der Waals surface area contributed by atoms with E-state index in [1.807, 2.05) is 38.5 Å². The number of nitrogens with one attached hydrogen (secondary N) is 1. The van der Waals surface area contributed by atoms with Crippen LogP contribution in [0.25, 0.3) is 0 Å². The van der Waals surface area contributed by atoms with E-state index in [1.165, 1.54) is 5.69 Å². The molecule has 0 atom stereocenters. The Kier molecular flexibility index (Phi) is 4.23. The van der Waals surface area contributed by atoms with Gasteiger partial charge in [-0.25, -0.2) is 4.98 Å². The lowest BCUT2D eigenvalue weighted by molar-refractivity contribution is 0.397. The van der Waals surface area contributed by atoms with Crippen molar-refractivity contribution in [2.24, 2.45) is 0 Å². The van der Waals surface area contributed by atoms with E-state index in [2.05, 4.69) is 33.4 Å². The number of benzene rings is 1. The summed E-state index contributed by atoms with van der Waals surface area (Å²) in [4.78, 5) is 6.27. The van der Waals surface area contributed by atoms with E-state index in [9.17, 15) is 0 Å². The lowest BCUT2D eigenvalue weighted by atomic mass is 10.2. The Morgan fingerprint density at radius 1 is 1.21 bits per heavy atom. The highest BCUT2D eigenvalue weighted by atomic mass is 16.5. The molecule has 0 aliphatic heterocycles. The molecule has 0 radical (unpaired) electrons. The van der Waals surface area contributed by atoms with Gasteiger partial charge in [0.05, 0.1) is 7.11 Å². The Morgan fingerprint density at radius 3 is 2.68 bits per heavy atom. The third kappa shape index (κ3) is 3.61. The molecule has 19 heavy (non-hydrogen) atoms. The summed E-state index contributed by atoms with van der Waals surface area (Å²) in [6.07, 6.45) is 1.82. The maximum Gasteiger partial charge on any atom is 0.212 e. The van der Waals surface area contributed by atoms with Crippen molar-refractivity contribution >= 4 is 11.4 Å². The van der Waals surface area contributed by atoms with Crippen molar-refractivity contribution in [1.29, 1.82) is 0 Å². The van der Waals surface area contributed by atoms with Gasteiger partial charge in [-0.05, 0) is 23.8 Å². The first kappa shape index (κ1) is 13.2. The summed E-state index contributed by atoms with van der Waals surface area (Å²) in [6, 6.07) is 12.2. The Bertz CT molecular complexity index is 523. The fourth-order valence-electron chi connectivity index (χ4n) is 1.73. The Balaban J connectivity index is 1.99. The minimum absolute atomic E-state index is 0.637. The maximum atomic E-state index is 5.04. The summed E-state index contributed by atoms with van der Waals surface area (Å²) in [7, 11) is 5.69. The van der Waals surface area contributed by atoms with E-state index < -0.39 is 0 Å². The topological polar surface area (TPSA) is 37.4 Å². The molecule has 0 aliphatic rings. The number of hydrogen-bond donors (Lipinski definition) is 1. The highest BCUT2D eigenvalue weighted by molar-refractivity contribution is 5.57. The van der Waals surface area contributed by atoms with E-state index in [1.54, 1.807) is 7.11 Å². The number of nitrogens with zero attached hydrogens (tertiary/aromatic N) is 2. The molecular weight excluding hydrogens is 238 g/mol. The molecule has 0 unspecified atom stereocenters. The van der Waals surface area contributed by atoms with Crippen LogP contribution in [0.3, 0.4) is 0 Å². The van der Waals surface area contributed by atoms with E-state index in [0.717, 1.165) is 17.8 Å². The second-order valence-corrected chi connectivity index (χ2v) is 4.51. The predicted octanol–water partition coefficient (Wildman–Crippen LogP) is 2.77. The molecule has 0 amide bonds. The van der Waals surface area contributed by atoms with E-state index in [-0.39, 0.29) is 0 Å². The first-order chi connectivity index (χ1) is 9.19. The van der Waals surface area contributed by atoms with Crippen molar-refractivity contribution in [2.45, 2.75) is 6.54 Å². The van der Waals surface area contributed by atoms with Crippen molar-refractivity contribution < 1.29 is 4.74 Å². The first-order valence-corrected chi connectivity index (χ1v) is 6.19. The number of hydrogen-bond acceptors (Lipinski definition) is 4. The molecule has 2 rings (SSSR count). The smallest absolute Gasteiger partial charge is 0.212 e. The molecule has 1 aromatic heterocycles. The normalized spacial score (nSPS) is 10.1. The van der Waals surface area contributed by atoms with Crippen LogP contribution in [-0.4, -0.2) is 26.2 Å². The molecule has 4 nitrogen and oxygen atoms in total. The zero-order valence-electron chi connectivity index (χ0n) is 11.6. The monoisotopic (exact) mass is 257 g/mol. The number of aromatic nitrogens is 1. The van der Waals surface area contributed by atoms with Crippen LogP contribution in [0.4, 0.5) is 11.4 Å². The van der Waals surface area contributed by atoms with Gasteiger partial charge in [-0.2, -0.15) is 0 Å². The Hall–Kier alpha value is -2.23. The average Bonchev–Trinajstić information content (AvgIpc) is 2.46. The molecular formula is C15H19N3O. The van der Waals surface area contributed by atoms with Gasteiger partial charge < -0.3 is 15.0 Å². The van der Waals surface area contributed by atoms with Crippen molar-refractivity contribution in [3.05, 3.63) is 48.2 Å². The molecule has 2 aromatic rings. The standard InChI is InChI=1S/C15H19N3O/c1-18(2)14-6-4-5-13(9-14)16-10-12-7-8-15(19-3)17-11-12/h4-9,11,16H,10H2,1-3H3. The number of ether oxygens (including phenoxy) is 1. The van der Waals surface area contributed by atoms with Gasteiger partial charge >= 0.3 is 0 Å². The molecule has 1 aromatic carbocycles. The van der Waals surface area contributed by atoms with Crippen LogP contribution in [0.2, 0.25) is 0 Å². The van der Waals surface area contributed by atoms with Crippen molar-refractivity contribution in [3.8, 4) is 5.88 Å². The summed E-state index contributed by atoms with van der Waals surface area (Å²) < 4.78 is 5.04. The Labute approximate surface area is 114 Å². The first-order valence-electron chi connectivity index (χ1n) is 6.19. The van der Waals surface area contributed by atoms with Crippen molar-refractivity contribution in [3.63, 3.8) is 0 Å². The van der Waals surface area contributed by atoms with Gasteiger partial charge in [0.1, 0.15) is 0 Å². The molecule has 1 N–H and O–H groups in total. The van der Waals surface area contributed by atoms with Crippen molar-refractivity contribution in [1.82, 2.24) is 4.98 Å². The van der Waals surface area contributed by atoms with Gasteiger partial charge in [-0.1, -0.05) is 12.1 Å². The second-order valence-electron chi connectivity index (χ2n) is 4.51. The summed E-state index contributed by atoms with van der Waals surface area (Å²) in [5.74, 6) is 0.637. The van der Waals surface area contributed by atoms with E-state index in [0.29, 0.717) is 5.88 Å². The van der Waals surface area contributed by atoms with E-state index in [4.69, 9.17) is 4.74 Å². The van der Waals surface area contributed by atoms with Gasteiger partial charge in [0.2, 0.25) is 5.88 Å². The molecule has 0 bridgehead atoms. The molecule has 4 heteroatoms. The fourth-order valence-corrected chi connectivity index (χ4v) is 1.73. The van der Waals surface area contributed by atoms with Crippen LogP contribution in [0.1, 0.15) is 5.56 Å². The second kappa shape index (κ2) is 6.09. The molecule has 0 spiro atoms. The number of rotatable bonds is 5. The summed E-state index contributed by atoms with van der Waals surface area (Å²) in [6.45, 7) is 0.744. The molecule has 100 valence electrons. The van der Waals surface area contributed by atoms with Crippen LogP contribution >= 0.6 is 0 Å². The minimum Gasteiger partial charge on any atom is -0.481 e. The number of anilines is 2. The van der Waals surface area contributed by atoms with Crippen LogP contribution in [-0.2, 0) is 6.54 Å². The van der Waals surface area contributed by atoms with E-state index >= 15 is 0 Å². The van der Waals surface area contributed by atoms with Crippen LogP contribution in [0, 0.1) is 0 Å². The van der Waals surface area contributed by atoms with Gasteiger partial charge in [0, 0.05) is 44.3 Å².